The lowest BCUT2D eigenvalue weighted by atomic mass is 10.1. The number of methoxy groups -OCH3 is 1. The Morgan fingerprint density at radius 3 is 2.00 bits per heavy atom. The first kappa shape index (κ1) is 21.9. The van der Waals surface area contributed by atoms with Crippen LogP contribution in [-0.4, -0.2) is 41.7 Å². The fourth-order valence-electron chi connectivity index (χ4n) is 2.45. The predicted molar refractivity (Wildman–Crippen MR) is 112 cm³/mol. The van der Waals surface area contributed by atoms with E-state index in [0.717, 1.165) is 5.56 Å². The second kappa shape index (κ2) is 10.8. The van der Waals surface area contributed by atoms with Crippen molar-refractivity contribution >= 4 is 16.0 Å². The van der Waals surface area contributed by atoms with Gasteiger partial charge in [-0.05, 0) is 30.2 Å². The molecule has 0 heterocycles. The van der Waals surface area contributed by atoms with Crippen LogP contribution in [0.15, 0.2) is 58.4 Å². The minimum Gasteiger partial charge on any atom is -0.383 e. The third-order valence-electron chi connectivity index (χ3n) is 4.10. The standard InChI is InChI=1S/C20H28N4O3S/c1-16-4-6-17(7-5-16)14-22-20(21-2)23-15-18-8-10-19(11-9-18)28(25,26)24-12-13-27-3/h4-11,24H,12-15H2,1-3H3,(H2,21,22,23). The van der Waals surface area contributed by atoms with Crippen molar-refractivity contribution in [2.75, 3.05) is 27.3 Å². The molecule has 152 valence electrons. The van der Waals surface area contributed by atoms with E-state index in [1.165, 1.54) is 18.2 Å². The maximum atomic E-state index is 12.2. The molecule has 2 aromatic rings. The van der Waals surface area contributed by atoms with Crippen molar-refractivity contribution in [3.63, 3.8) is 0 Å². The highest BCUT2D eigenvalue weighted by Crippen LogP contribution is 2.10. The van der Waals surface area contributed by atoms with E-state index < -0.39 is 10.0 Å². The second-order valence-electron chi connectivity index (χ2n) is 6.30. The molecule has 2 aromatic carbocycles. The quantitative estimate of drug-likeness (QED) is 0.337. The molecule has 0 radical (unpaired) electrons. The van der Waals surface area contributed by atoms with Crippen molar-refractivity contribution in [3.8, 4) is 0 Å². The number of hydrogen-bond acceptors (Lipinski definition) is 4. The number of sulfonamides is 1. The topological polar surface area (TPSA) is 91.8 Å². The Bertz CT molecular complexity index is 863. The Morgan fingerprint density at radius 1 is 0.964 bits per heavy atom. The van der Waals surface area contributed by atoms with Gasteiger partial charge in [0.25, 0.3) is 0 Å². The van der Waals surface area contributed by atoms with Crippen molar-refractivity contribution < 1.29 is 13.2 Å². The van der Waals surface area contributed by atoms with Crippen LogP contribution < -0.4 is 15.4 Å². The van der Waals surface area contributed by atoms with E-state index in [1.807, 2.05) is 0 Å². The average molecular weight is 405 g/mol. The van der Waals surface area contributed by atoms with E-state index in [1.54, 1.807) is 31.3 Å². The lowest BCUT2D eigenvalue weighted by Gasteiger charge is -2.13. The molecular formula is C20H28N4O3S. The molecule has 0 atom stereocenters. The predicted octanol–water partition coefficient (Wildman–Crippen LogP) is 1.78. The molecule has 0 saturated heterocycles. The Hall–Kier alpha value is -2.42. The van der Waals surface area contributed by atoms with Gasteiger partial charge in [0.15, 0.2) is 5.96 Å². The van der Waals surface area contributed by atoms with Gasteiger partial charge in [0.1, 0.15) is 0 Å². The number of aryl methyl sites for hydroxylation is 1. The lowest BCUT2D eigenvalue weighted by molar-refractivity contribution is 0.204. The van der Waals surface area contributed by atoms with E-state index in [0.29, 0.717) is 25.7 Å². The summed E-state index contributed by atoms with van der Waals surface area (Å²) in [6.45, 7) is 3.83. The zero-order chi connectivity index (χ0) is 20.4. The fourth-order valence-corrected chi connectivity index (χ4v) is 3.46. The van der Waals surface area contributed by atoms with Crippen LogP contribution in [0.3, 0.4) is 0 Å². The summed E-state index contributed by atoms with van der Waals surface area (Å²) in [6.07, 6.45) is 0. The van der Waals surface area contributed by atoms with E-state index >= 15 is 0 Å². The average Bonchev–Trinajstić information content (AvgIpc) is 2.70. The van der Waals surface area contributed by atoms with Crippen LogP contribution in [0.5, 0.6) is 0 Å². The van der Waals surface area contributed by atoms with Gasteiger partial charge in [0.2, 0.25) is 10.0 Å². The Balaban J connectivity index is 1.86. The van der Waals surface area contributed by atoms with Gasteiger partial charge >= 0.3 is 0 Å². The monoisotopic (exact) mass is 404 g/mol. The lowest BCUT2D eigenvalue weighted by Crippen LogP contribution is -2.36. The Morgan fingerprint density at radius 2 is 1.50 bits per heavy atom. The molecule has 0 fully saturated rings. The Kier molecular flexibility index (Phi) is 8.43. The van der Waals surface area contributed by atoms with Crippen LogP contribution in [0.4, 0.5) is 0 Å². The molecule has 0 amide bonds. The van der Waals surface area contributed by atoms with Crippen LogP contribution in [0, 0.1) is 6.92 Å². The van der Waals surface area contributed by atoms with E-state index in [9.17, 15) is 8.42 Å². The van der Waals surface area contributed by atoms with Crippen LogP contribution in [0.2, 0.25) is 0 Å². The van der Waals surface area contributed by atoms with Crippen LogP contribution in [0.25, 0.3) is 0 Å². The minimum absolute atomic E-state index is 0.231. The third-order valence-corrected chi connectivity index (χ3v) is 5.57. The van der Waals surface area contributed by atoms with Crippen molar-refractivity contribution in [1.29, 1.82) is 0 Å². The number of guanidine groups is 1. The van der Waals surface area contributed by atoms with Gasteiger partial charge in [-0.1, -0.05) is 42.0 Å². The number of ether oxygens (including phenoxy) is 1. The second-order valence-corrected chi connectivity index (χ2v) is 8.07. The van der Waals surface area contributed by atoms with Gasteiger partial charge in [-0.25, -0.2) is 13.1 Å². The molecule has 0 aliphatic heterocycles. The molecule has 0 aliphatic carbocycles. The van der Waals surface area contributed by atoms with Gasteiger partial charge < -0.3 is 15.4 Å². The van der Waals surface area contributed by atoms with Gasteiger partial charge in [0, 0.05) is 33.8 Å². The summed E-state index contributed by atoms with van der Waals surface area (Å²) in [5.41, 5.74) is 3.35. The van der Waals surface area contributed by atoms with Crippen LogP contribution in [-0.2, 0) is 27.8 Å². The fraction of sp³-hybridized carbons (Fsp3) is 0.350. The zero-order valence-electron chi connectivity index (χ0n) is 16.5. The molecule has 28 heavy (non-hydrogen) atoms. The molecule has 0 saturated carbocycles. The molecular weight excluding hydrogens is 376 g/mol. The summed E-state index contributed by atoms with van der Waals surface area (Å²) < 4.78 is 31.7. The largest absolute Gasteiger partial charge is 0.383 e. The normalized spacial score (nSPS) is 12.0. The number of hydrogen-bond donors (Lipinski definition) is 3. The summed E-state index contributed by atoms with van der Waals surface area (Å²) in [5, 5.41) is 6.49. The first-order valence-electron chi connectivity index (χ1n) is 9.02. The highest BCUT2D eigenvalue weighted by molar-refractivity contribution is 7.89. The maximum absolute atomic E-state index is 12.2. The van der Waals surface area contributed by atoms with Gasteiger partial charge in [-0.3, -0.25) is 4.99 Å². The highest BCUT2D eigenvalue weighted by Gasteiger charge is 2.12. The van der Waals surface area contributed by atoms with Crippen LogP contribution >= 0.6 is 0 Å². The van der Waals surface area contributed by atoms with Crippen molar-refractivity contribution in [3.05, 3.63) is 65.2 Å². The number of benzene rings is 2. The molecule has 8 heteroatoms. The molecule has 0 bridgehead atoms. The SMILES string of the molecule is CN=C(NCc1ccc(C)cc1)NCc1ccc(S(=O)(=O)NCCOC)cc1. The zero-order valence-corrected chi connectivity index (χ0v) is 17.3. The summed E-state index contributed by atoms with van der Waals surface area (Å²) >= 11 is 0. The van der Waals surface area contributed by atoms with Crippen molar-refractivity contribution in [2.24, 2.45) is 4.99 Å². The number of rotatable bonds is 9. The number of nitrogens with zero attached hydrogens (tertiary/aromatic N) is 1. The Labute approximate surface area is 167 Å². The first-order valence-corrected chi connectivity index (χ1v) is 10.5. The highest BCUT2D eigenvalue weighted by atomic mass is 32.2. The van der Waals surface area contributed by atoms with Crippen molar-refractivity contribution in [1.82, 2.24) is 15.4 Å². The summed E-state index contributed by atoms with van der Waals surface area (Å²) in [4.78, 5) is 4.44. The summed E-state index contributed by atoms with van der Waals surface area (Å²) in [6, 6.07) is 15.1. The van der Waals surface area contributed by atoms with Crippen molar-refractivity contribution in [2.45, 2.75) is 24.9 Å². The minimum atomic E-state index is -3.51. The van der Waals surface area contributed by atoms with E-state index in [2.05, 4.69) is 51.5 Å². The molecule has 2 rings (SSSR count). The number of aliphatic imine (C=N–C) groups is 1. The molecule has 0 unspecified atom stereocenters. The smallest absolute Gasteiger partial charge is 0.240 e. The molecule has 3 N–H and O–H groups in total. The summed E-state index contributed by atoms with van der Waals surface area (Å²) in [7, 11) is -0.273. The van der Waals surface area contributed by atoms with E-state index in [4.69, 9.17) is 4.74 Å². The van der Waals surface area contributed by atoms with Crippen LogP contribution in [0.1, 0.15) is 16.7 Å². The summed E-state index contributed by atoms with van der Waals surface area (Å²) in [5.74, 6) is 0.679. The molecule has 0 spiro atoms. The maximum Gasteiger partial charge on any atom is 0.240 e. The first-order chi connectivity index (χ1) is 13.4. The van der Waals surface area contributed by atoms with Gasteiger partial charge in [-0.15, -0.1) is 0 Å². The van der Waals surface area contributed by atoms with E-state index in [-0.39, 0.29) is 11.4 Å². The van der Waals surface area contributed by atoms with Gasteiger partial charge in [0.05, 0.1) is 11.5 Å². The molecule has 7 nitrogen and oxygen atoms in total. The molecule has 0 aromatic heterocycles. The third kappa shape index (κ3) is 6.95. The molecule has 0 aliphatic rings. The van der Waals surface area contributed by atoms with Gasteiger partial charge in [-0.2, -0.15) is 0 Å². The number of nitrogens with one attached hydrogen (secondary N) is 3.